The van der Waals surface area contributed by atoms with Crippen LogP contribution in [0.5, 0.6) is 17.2 Å². The zero-order chi connectivity index (χ0) is 25.7. The summed E-state index contributed by atoms with van der Waals surface area (Å²) in [5, 5.41) is 0.430. The van der Waals surface area contributed by atoms with Crippen molar-refractivity contribution in [1.82, 2.24) is 0 Å². The van der Waals surface area contributed by atoms with Crippen molar-refractivity contribution in [3.63, 3.8) is 0 Å². The molecule has 0 radical (unpaired) electrons. The molecule has 0 saturated carbocycles. The lowest BCUT2D eigenvalue weighted by Crippen LogP contribution is -2.29. The van der Waals surface area contributed by atoms with E-state index in [1.54, 1.807) is 23.1 Å². The van der Waals surface area contributed by atoms with Gasteiger partial charge in [0.1, 0.15) is 5.58 Å². The molecule has 3 aromatic carbocycles. The molecule has 5 rings (SSSR count). The van der Waals surface area contributed by atoms with Crippen molar-refractivity contribution < 1.29 is 23.4 Å². The first-order valence-corrected chi connectivity index (χ1v) is 12.0. The second kappa shape index (κ2) is 9.02. The first-order valence-electron chi connectivity index (χ1n) is 11.3. The molecule has 1 aromatic heterocycles. The van der Waals surface area contributed by atoms with Crippen LogP contribution in [0.15, 0.2) is 62.2 Å². The van der Waals surface area contributed by atoms with E-state index in [1.165, 1.54) is 21.3 Å². The summed E-state index contributed by atoms with van der Waals surface area (Å²) in [6, 6.07) is 13.7. The molecule has 2 heterocycles. The molecule has 1 atom stereocenters. The number of rotatable bonds is 5. The van der Waals surface area contributed by atoms with E-state index < -0.39 is 11.9 Å². The third-order valence-electron chi connectivity index (χ3n) is 6.59. The van der Waals surface area contributed by atoms with Gasteiger partial charge < -0.3 is 18.6 Å². The Hall–Kier alpha value is -3.78. The lowest BCUT2D eigenvalue weighted by molar-refractivity contribution is 0.0971. The van der Waals surface area contributed by atoms with E-state index in [9.17, 15) is 9.59 Å². The molecule has 1 unspecified atom stereocenters. The molecule has 7 nitrogen and oxygen atoms in total. The number of anilines is 1. The molecule has 0 spiro atoms. The van der Waals surface area contributed by atoms with Gasteiger partial charge in [0.05, 0.1) is 38.3 Å². The number of amides is 1. The second-order valence-corrected chi connectivity index (χ2v) is 9.54. The fourth-order valence-corrected chi connectivity index (χ4v) is 4.94. The summed E-state index contributed by atoms with van der Waals surface area (Å²) in [5.74, 6) is 0.876. The number of methoxy groups -OCH3 is 3. The molecule has 0 bridgehead atoms. The molecule has 8 heteroatoms. The number of carbonyl (C=O) groups is 1. The molecule has 1 aliphatic heterocycles. The minimum atomic E-state index is -0.773. The highest BCUT2D eigenvalue weighted by Gasteiger charge is 2.44. The smallest absolute Gasteiger partial charge is 0.295 e. The van der Waals surface area contributed by atoms with Crippen molar-refractivity contribution >= 4 is 38.5 Å². The normalized spacial score (nSPS) is 14.8. The standard InChI is InChI=1S/C28H24BrNO6/c1-14-10-19-20(11-15(14)2)36-27-23(25(19)31)24(30(28(27)32)18-8-6-17(29)7-9-18)16-12-21(33-3)26(35-5)22(13-16)34-4/h6-13,24H,1-5H3. The van der Waals surface area contributed by atoms with E-state index in [0.717, 1.165) is 15.6 Å². The fraction of sp³-hybridized carbons (Fsp3) is 0.214. The number of hydrogen-bond acceptors (Lipinski definition) is 6. The summed E-state index contributed by atoms with van der Waals surface area (Å²) in [6.45, 7) is 3.88. The first kappa shape index (κ1) is 23.9. The average Bonchev–Trinajstić information content (AvgIpc) is 3.17. The van der Waals surface area contributed by atoms with Crippen LogP contribution in [-0.2, 0) is 0 Å². The van der Waals surface area contributed by atoms with Crippen LogP contribution in [0, 0.1) is 13.8 Å². The maximum atomic E-state index is 13.9. The van der Waals surface area contributed by atoms with Crippen LogP contribution in [0.2, 0.25) is 0 Å². The number of fused-ring (bicyclic) bond motifs is 2. The van der Waals surface area contributed by atoms with Gasteiger partial charge in [-0.25, -0.2) is 0 Å². The van der Waals surface area contributed by atoms with Gasteiger partial charge in [-0.2, -0.15) is 0 Å². The summed E-state index contributed by atoms with van der Waals surface area (Å²) in [4.78, 5) is 29.4. The van der Waals surface area contributed by atoms with Crippen LogP contribution in [0.25, 0.3) is 11.0 Å². The van der Waals surface area contributed by atoms with Crippen molar-refractivity contribution in [2.24, 2.45) is 0 Å². The maximum absolute atomic E-state index is 13.9. The Bertz CT molecular complexity index is 1550. The van der Waals surface area contributed by atoms with Gasteiger partial charge >= 0.3 is 0 Å². The van der Waals surface area contributed by atoms with E-state index in [0.29, 0.717) is 39.5 Å². The van der Waals surface area contributed by atoms with Crippen molar-refractivity contribution in [2.45, 2.75) is 19.9 Å². The van der Waals surface area contributed by atoms with Gasteiger partial charge in [-0.1, -0.05) is 15.9 Å². The predicted molar refractivity (Wildman–Crippen MR) is 141 cm³/mol. The van der Waals surface area contributed by atoms with Gasteiger partial charge in [-0.15, -0.1) is 0 Å². The number of benzene rings is 3. The van der Waals surface area contributed by atoms with Crippen LogP contribution in [0.4, 0.5) is 5.69 Å². The molecule has 36 heavy (non-hydrogen) atoms. The van der Waals surface area contributed by atoms with Gasteiger partial charge in [0.2, 0.25) is 11.5 Å². The molecule has 184 valence electrons. The lowest BCUT2D eigenvalue weighted by atomic mass is 9.96. The van der Waals surface area contributed by atoms with Gasteiger partial charge in [-0.3, -0.25) is 14.5 Å². The molecular weight excluding hydrogens is 526 g/mol. The van der Waals surface area contributed by atoms with Gasteiger partial charge in [0, 0.05) is 10.2 Å². The number of halogens is 1. The molecule has 0 saturated heterocycles. The highest BCUT2D eigenvalue weighted by atomic mass is 79.9. The van der Waals surface area contributed by atoms with Gasteiger partial charge in [-0.05, 0) is 79.1 Å². The summed E-state index contributed by atoms with van der Waals surface area (Å²) < 4.78 is 23.6. The third-order valence-corrected chi connectivity index (χ3v) is 7.12. The average molecular weight is 550 g/mol. The number of ether oxygens (including phenoxy) is 3. The second-order valence-electron chi connectivity index (χ2n) is 8.62. The summed E-state index contributed by atoms with van der Waals surface area (Å²) >= 11 is 3.45. The Morgan fingerprint density at radius 3 is 2.06 bits per heavy atom. The highest BCUT2D eigenvalue weighted by molar-refractivity contribution is 9.10. The Labute approximate surface area is 216 Å². The number of carbonyl (C=O) groups excluding carboxylic acids is 1. The monoisotopic (exact) mass is 549 g/mol. The molecule has 0 N–H and O–H groups in total. The number of hydrogen-bond donors (Lipinski definition) is 0. The number of nitrogens with zero attached hydrogens (tertiary/aromatic N) is 1. The Balaban J connectivity index is 1.85. The van der Waals surface area contributed by atoms with Gasteiger partial charge in [0.25, 0.3) is 5.91 Å². The molecule has 4 aromatic rings. The molecular formula is C28H24BrNO6. The van der Waals surface area contributed by atoms with Crippen LogP contribution in [0.3, 0.4) is 0 Å². The van der Waals surface area contributed by atoms with Crippen molar-refractivity contribution in [2.75, 3.05) is 26.2 Å². The topological polar surface area (TPSA) is 78.2 Å². The van der Waals surface area contributed by atoms with E-state index in [1.807, 2.05) is 44.2 Å². The third kappa shape index (κ3) is 3.64. The molecule has 0 fully saturated rings. The van der Waals surface area contributed by atoms with Crippen LogP contribution in [-0.4, -0.2) is 27.2 Å². The van der Waals surface area contributed by atoms with Gasteiger partial charge in [0.15, 0.2) is 16.9 Å². The Morgan fingerprint density at radius 1 is 0.861 bits per heavy atom. The van der Waals surface area contributed by atoms with E-state index in [-0.39, 0.29) is 16.8 Å². The minimum Gasteiger partial charge on any atom is -0.493 e. The van der Waals surface area contributed by atoms with Crippen molar-refractivity contribution in [1.29, 1.82) is 0 Å². The van der Waals surface area contributed by atoms with Crippen molar-refractivity contribution in [3.8, 4) is 17.2 Å². The summed E-state index contributed by atoms with van der Waals surface area (Å²) in [7, 11) is 4.57. The predicted octanol–water partition coefficient (Wildman–Crippen LogP) is 5.95. The Morgan fingerprint density at radius 2 is 1.47 bits per heavy atom. The van der Waals surface area contributed by atoms with Crippen LogP contribution < -0.4 is 24.5 Å². The quantitative estimate of drug-likeness (QED) is 0.306. The first-order chi connectivity index (χ1) is 17.3. The summed E-state index contributed by atoms with van der Waals surface area (Å²) in [6.07, 6.45) is 0. The van der Waals surface area contributed by atoms with Crippen LogP contribution in [0.1, 0.15) is 38.9 Å². The van der Waals surface area contributed by atoms with E-state index in [4.69, 9.17) is 18.6 Å². The van der Waals surface area contributed by atoms with E-state index >= 15 is 0 Å². The summed E-state index contributed by atoms with van der Waals surface area (Å²) in [5.41, 5.74) is 3.58. The SMILES string of the molecule is COc1cc(C2c3c(oc4cc(C)c(C)cc4c3=O)C(=O)N2c2ccc(Br)cc2)cc(OC)c1OC. The highest BCUT2D eigenvalue weighted by Crippen LogP contribution is 2.46. The zero-order valence-corrected chi connectivity index (χ0v) is 22.1. The zero-order valence-electron chi connectivity index (χ0n) is 20.5. The lowest BCUT2D eigenvalue weighted by Gasteiger charge is -2.26. The molecule has 1 amide bonds. The van der Waals surface area contributed by atoms with E-state index in [2.05, 4.69) is 15.9 Å². The largest absolute Gasteiger partial charge is 0.493 e. The minimum absolute atomic E-state index is 0.0254. The molecule has 1 aliphatic rings. The van der Waals surface area contributed by atoms with Crippen LogP contribution >= 0.6 is 15.9 Å². The maximum Gasteiger partial charge on any atom is 0.295 e. The fourth-order valence-electron chi connectivity index (χ4n) is 4.67. The molecule has 0 aliphatic carbocycles. The number of aryl methyl sites for hydroxylation is 2. The Kier molecular flexibility index (Phi) is 6.00. The van der Waals surface area contributed by atoms with Crippen molar-refractivity contribution in [3.05, 3.63) is 91.2 Å².